The predicted octanol–water partition coefficient (Wildman–Crippen LogP) is 6.24. The summed E-state index contributed by atoms with van der Waals surface area (Å²) >= 11 is 0. The fourth-order valence-electron chi connectivity index (χ4n) is 2.89. The summed E-state index contributed by atoms with van der Waals surface area (Å²) < 4.78 is 0. The van der Waals surface area contributed by atoms with Crippen molar-refractivity contribution >= 4 is 10.9 Å². The summed E-state index contributed by atoms with van der Waals surface area (Å²) in [7, 11) is 0. The van der Waals surface area contributed by atoms with Crippen LogP contribution in [0, 0.1) is 0 Å². The Morgan fingerprint density at radius 1 is 0.800 bits per heavy atom. The molecule has 1 N–H and O–H groups in total. The quantitative estimate of drug-likeness (QED) is 0.492. The third-order valence-corrected chi connectivity index (χ3v) is 4.14. The van der Waals surface area contributed by atoms with Gasteiger partial charge in [-0.05, 0) is 30.4 Å². The lowest BCUT2D eigenvalue weighted by atomic mass is 10.1. The molecular formula is C19H29N. The van der Waals surface area contributed by atoms with Crippen molar-refractivity contribution in [2.45, 2.75) is 71.1 Å². The van der Waals surface area contributed by atoms with E-state index in [1.54, 1.807) is 0 Å². The molecule has 2 aromatic rings. The summed E-state index contributed by atoms with van der Waals surface area (Å²) in [5.41, 5.74) is 2.67. The van der Waals surface area contributed by atoms with Crippen molar-refractivity contribution in [3.05, 3.63) is 36.0 Å². The minimum atomic E-state index is 1.20. The van der Waals surface area contributed by atoms with E-state index in [0.717, 1.165) is 0 Å². The Bertz CT molecular complexity index is 450. The number of aromatic nitrogens is 1. The first kappa shape index (κ1) is 15.2. The second kappa shape index (κ2) is 8.84. The first-order valence-corrected chi connectivity index (χ1v) is 8.47. The minimum Gasteiger partial charge on any atom is -0.358 e. The number of fused-ring (bicyclic) bond motifs is 1. The van der Waals surface area contributed by atoms with Gasteiger partial charge in [-0.1, -0.05) is 76.5 Å². The van der Waals surface area contributed by atoms with Gasteiger partial charge in [-0.15, -0.1) is 0 Å². The molecular weight excluding hydrogens is 242 g/mol. The molecule has 20 heavy (non-hydrogen) atoms. The molecule has 110 valence electrons. The van der Waals surface area contributed by atoms with Crippen LogP contribution in [-0.2, 0) is 6.42 Å². The van der Waals surface area contributed by atoms with Gasteiger partial charge in [-0.25, -0.2) is 0 Å². The fourth-order valence-corrected chi connectivity index (χ4v) is 2.89. The monoisotopic (exact) mass is 271 g/mol. The van der Waals surface area contributed by atoms with Crippen LogP contribution < -0.4 is 0 Å². The average Bonchev–Trinajstić information content (AvgIpc) is 2.88. The second-order valence-corrected chi connectivity index (χ2v) is 5.96. The van der Waals surface area contributed by atoms with E-state index in [1.165, 1.54) is 80.8 Å². The summed E-state index contributed by atoms with van der Waals surface area (Å²) in [6.45, 7) is 2.28. The molecule has 0 atom stereocenters. The number of hydrogen-bond donors (Lipinski definition) is 1. The molecule has 0 bridgehead atoms. The first-order chi connectivity index (χ1) is 9.90. The van der Waals surface area contributed by atoms with E-state index in [1.807, 2.05) is 0 Å². The van der Waals surface area contributed by atoms with E-state index in [9.17, 15) is 0 Å². The molecule has 1 nitrogen and oxygen atoms in total. The van der Waals surface area contributed by atoms with E-state index in [2.05, 4.69) is 42.2 Å². The van der Waals surface area contributed by atoms with E-state index in [-0.39, 0.29) is 0 Å². The number of aromatic amines is 1. The Morgan fingerprint density at radius 2 is 1.45 bits per heavy atom. The van der Waals surface area contributed by atoms with Gasteiger partial charge in [0.1, 0.15) is 0 Å². The van der Waals surface area contributed by atoms with Crippen LogP contribution in [-0.4, -0.2) is 4.98 Å². The summed E-state index contributed by atoms with van der Waals surface area (Å²) in [5.74, 6) is 0. The molecule has 0 saturated heterocycles. The maximum Gasteiger partial charge on any atom is 0.0456 e. The Kier molecular flexibility index (Phi) is 6.70. The second-order valence-electron chi connectivity index (χ2n) is 5.96. The summed E-state index contributed by atoms with van der Waals surface area (Å²) in [6.07, 6.45) is 13.8. The highest BCUT2D eigenvalue weighted by Gasteiger charge is 1.99. The van der Waals surface area contributed by atoms with Gasteiger partial charge in [-0.2, -0.15) is 0 Å². The molecule has 1 heterocycles. The van der Waals surface area contributed by atoms with E-state index < -0.39 is 0 Å². The highest BCUT2D eigenvalue weighted by Crippen LogP contribution is 2.17. The van der Waals surface area contributed by atoms with Crippen molar-refractivity contribution in [2.75, 3.05) is 0 Å². The van der Waals surface area contributed by atoms with Gasteiger partial charge >= 0.3 is 0 Å². The van der Waals surface area contributed by atoms with Crippen molar-refractivity contribution in [1.82, 2.24) is 4.98 Å². The zero-order valence-electron chi connectivity index (χ0n) is 13.0. The Labute approximate surface area is 123 Å². The van der Waals surface area contributed by atoms with Gasteiger partial charge in [0.15, 0.2) is 0 Å². The highest BCUT2D eigenvalue weighted by molar-refractivity contribution is 5.80. The van der Waals surface area contributed by atoms with Crippen LogP contribution in [0.1, 0.15) is 70.4 Å². The fraction of sp³-hybridized carbons (Fsp3) is 0.579. The van der Waals surface area contributed by atoms with Crippen LogP contribution >= 0.6 is 0 Å². The number of nitrogens with one attached hydrogen (secondary N) is 1. The van der Waals surface area contributed by atoms with Gasteiger partial charge in [0, 0.05) is 11.2 Å². The van der Waals surface area contributed by atoms with Gasteiger partial charge in [0.25, 0.3) is 0 Å². The third-order valence-electron chi connectivity index (χ3n) is 4.14. The van der Waals surface area contributed by atoms with Crippen molar-refractivity contribution in [3.63, 3.8) is 0 Å². The topological polar surface area (TPSA) is 15.8 Å². The molecule has 0 saturated carbocycles. The van der Waals surface area contributed by atoms with Gasteiger partial charge in [-0.3, -0.25) is 0 Å². The maximum atomic E-state index is 3.52. The first-order valence-electron chi connectivity index (χ1n) is 8.47. The number of rotatable bonds is 10. The van der Waals surface area contributed by atoms with Crippen molar-refractivity contribution in [3.8, 4) is 0 Å². The van der Waals surface area contributed by atoms with Crippen LogP contribution in [0.15, 0.2) is 30.3 Å². The Balaban J connectivity index is 1.55. The van der Waals surface area contributed by atoms with Crippen LogP contribution in [0.5, 0.6) is 0 Å². The lowest BCUT2D eigenvalue weighted by Crippen LogP contribution is -1.86. The van der Waals surface area contributed by atoms with Crippen molar-refractivity contribution < 1.29 is 0 Å². The number of H-pyrrole nitrogens is 1. The lowest BCUT2D eigenvalue weighted by molar-refractivity contribution is 0.564. The van der Waals surface area contributed by atoms with E-state index >= 15 is 0 Å². The molecule has 0 aliphatic heterocycles. The molecule has 1 aromatic heterocycles. The van der Waals surface area contributed by atoms with Crippen molar-refractivity contribution in [2.24, 2.45) is 0 Å². The number of hydrogen-bond acceptors (Lipinski definition) is 0. The normalized spacial score (nSPS) is 11.2. The zero-order chi connectivity index (χ0) is 14.0. The zero-order valence-corrected chi connectivity index (χ0v) is 13.0. The van der Waals surface area contributed by atoms with E-state index in [4.69, 9.17) is 0 Å². The van der Waals surface area contributed by atoms with E-state index in [0.29, 0.717) is 0 Å². The van der Waals surface area contributed by atoms with Gasteiger partial charge in [0.2, 0.25) is 0 Å². The summed E-state index contributed by atoms with van der Waals surface area (Å²) in [5, 5.41) is 1.35. The number of para-hydroxylation sites is 1. The Morgan fingerprint density at radius 3 is 2.15 bits per heavy atom. The molecule has 1 heteroatoms. The molecule has 0 spiro atoms. The molecule has 0 aliphatic carbocycles. The minimum absolute atomic E-state index is 1.20. The molecule has 0 radical (unpaired) electrons. The Hall–Kier alpha value is -1.24. The highest BCUT2D eigenvalue weighted by atomic mass is 14.7. The molecule has 0 fully saturated rings. The van der Waals surface area contributed by atoms with Crippen molar-refractivity contribution in [1.29, 1.82) is 0 Å². The molecule has 1 aromatic carbocycles. The SMILES string of the molecule is CCCCCCCCCCCc1cc2ccccc2[nH]1. The smallest absolute Gasteiger partial charge is 0.0456 e. The number of aryl methyl sites for hydroxylation is 1. The summed E-state index contributed by atoms with van der Waals surface area (Å²) in [4.78, 5) is 3.52. The maximum absolute atomic E-state index is 3.52. The molecule has 2 rings (SSSR count). The summed E-state index contributed by atoms with van der Waals surface area (Å²) in [6, 6.07) is 10.9. The lowest BCUT2D eigenvalue weighted by Gasteiger charge is -2.01. The van der Waals surface area contributed by atoms with Crippen LogP contribution in [0.2, 0.25) is 0 Å². The predicted molar refractivity (Wildman–Crippen MR) is 89.2 cm³/mol. The third kappa shape index (κ3) is 5.03. The molecule has 0 unspecified atom stereocenters. The molecule has 0 amide bonds. The largest absolute Gasteiger partial charge is 0.358 e. The average molecular weight is 271 g/mol. The number of unbranched alkanes of at least 4 members (excludes halogenated alkanes) is 8. The van der Waals surface area contributed by atoms with Crippen LogP contribution in [0.4, 0.5) is 0 Å². The van der Waals surface area contributed by atoms with Crippen LogP contribution in [0.3, 0.4) is 0 Å². The number of benzene rings is 1. The van der Waals surface area contributed by atoms with Gasteiger partial charge < -0.3 is 4.98 Å². The standard InChI is InChI=1S/C19H29N/c1-2-3-4-5-6-7-8-9-10-14-18-16-17-13-11-12-15-19(17)20-18/h11-13,15-16,20H,2-10,14H2,1H3. The van der Waals surface area contributed by atoms with Gasteiger partial charge in [0.05, 0.1) is 0 Å². The van der Waals surface area contributed by atoms with Crippen LogP contribution in [0.25, 0.3) is 10.9 Å². The molecule has 0 aliphatic rings.